The molecule has 1 atom stereocenters. The van der Waals surface area contributed by atoms with Crippen LogP contribution in [0.25, 0.3) is 0 Å². The van der Waals surface area contributed by atoms with E-state index in [4.69, 9.17) is 5.73 Å². The van der Waals surface area contributed by atoms with Gasteiger partial charge in [0.15, 0.2) is 0 Å². The normalized spacial score (nSPS) is 13.8. The van der Waals surface area contributed by atoms with E-state index in [-0.39, 0.29) is 18.7 Å². The van der Waals surface area contributed by atoms with Crippen LogP contribution in [-0.4, -0.2) is 18.8 Å². The molecule has 0 bridgehead atoms. The summed E-state index contributed by atoms with van der Waals surface area (Å²) in [7, 11) is 0. The minimum absolute atomic E-state index is 0.136. The van der Waals surface area contributed by atoms with Gasteiger partial charge in [-0.1, -0.05) is 48.5 Å². The van der Waals surface area contributed by atoms with Gasteiger partial charge in [0.05, 0.1) is 0 Å². The number of benzene rings is 2. The Hall–Kier alpha value is -2.54. The van der Waals surface area contributed by atoms with Crippen molar-refractivity contribution in [3.05, 3.63) is 65.7 Å². The van der Waals surface area contributed by atoms with Gasteiger partial charge >= 0.3 is 6.36 Å². The van der Waals surface area contributed by atoms with Crippen LogP contribution in [0.5, 0.6) is 5.75 Å². The highest BCUT2D eigenvalue weighted by Gasteiger charge is 2.32. The summed E-state index contributed by atoms with van der Waals surface area (Å²) in [5.74, 6) is -0.685. The van der Waals surface area contributed by atoms with Gasteiger partial charge in [0.25, 0.3) is 0 Å². The summed E-state index contributed by atoms with van der Waals surface area (Å²) in [6, 6.07) is 14.7. The quantitative estimate of drug-likeness (QED) is 0.840. The lowest BCUT2D eigenvalue weighted by Gasteiger charge is -2.24. The van der Waals surface area contributed by atoms with Crippen molar-refractivity contribution in [2.24, 2.45) is 5.73 Å². The lowest BCUT2D eigenvalue weighted by atomic mass is 9.92. The molecule has 0 aliphatic carbocycles. The molecule has 2 rings (SSSR count). The number of amides is 1. The smallest absolute Gasteiger partial charge is 0.406 e. The van der Waals surface area contributed by atoms with Gasteiger partial charge in [-0.3, -0.25) is 4.79 Å². The second-order valence-electron chi connectivity index (χ2n) is 5.73. The van der Waals surface area contributed by atoms with Crippen LogP contribution in [0.3, 0.4) is 0 Å². The van der Waals surface area contributed by atoms with E-state index in [0.717, 1.165) is 0 Å². The van der Waals surface area contributed by atoms with Crippen LogP contribution >= 0.6 is 0 Å². The van der Waals surface area contributed by atoms with Crippen LogP contribution in [0.4, 0.5) is 13.2 Å². The maximum atomic E-state index is 12.4. The zero-order chi connectivity index (χ0) is 18.5. The minimum atomic E-state index is -4.76. The number of nitrogens with two attached hydrogens (primary N) is 1. The molecule has 2 aromatic rings. The van der Waals surface area contributed by atoms with Crippen molar-refractivity contribution >= 4 is 5.91 Å². The second-order valence-corrected chi connectivity index (χ2v) is 5.73. The first kappa shape index (κ1) is 18.8. The number of hydrogen-bond donors (Lipinski definition) is 2. The molecule has 0 aromatic heterocycles. The molecule has 134 valence electrons. The molecule has 0 spiro atoms. The standard InChI is InChI=1S/C18H19F3N2O2/c1-17(22,14-8-3-2-4-9-14)16(24)23-12-11-13-7-5-6-10-15(13)25-18(19,20)21/h2-10H,11-12,22H2,1H3,(H,23,24). The molecule has 0 fully saturated rings. The summed E-state index contributed by atoms with van der Waals surface area (Å²) in [6.07, 6.45) is -4.58. The highest BCUT2D eigenvalue weighted by Crippen LogP contribution is 2.26. The number of carbonyl (C=O) groups excluding carboxylic acids is 1. The van der Waals surface area contributed by atoms with Gasteiger partial charge in [-0.05, 0) is 30.5 Å². The summed E-state index contributed by atoms with van der Waals surface area (Å²) >= 11 is 0. The predicted molar refractivity (Wildman–Crippen MR) is 87.8 cm³/mol. The number of ether oxygens (including phenoxy) is 1. The highest BCUT2D eigenvalue weighted by atomic mass is 19.4. The second kappa shape index (κ2) is 7.57. The molecule has 2 aromatic carbocycles. The van der Waals surface area contributed by atoms with Crippen LogP contribution in [0.2, 0.25) is 0 Å². The first-order valence-corrected chi connectivity index (χ1v) is 7.66. The SMILES string of the molecule is CC(N)(C(=O)NCCc1ccccc1OC(F)(F)F)c1ccccc1. The summed E-state index contributed by atoms with van der Waals surface area (Å²) < 4.78 is 41.2. The average Bonchev–Trinajstić information content (AvgIpc) is 2.55. The van der Waals surface area contributed by atoms with E-state index in [1.54, 1.807) is 37.3 Å². The maximum Gasteiger partial charge on any atom is 0.573 e. The lowest BCUT2D eigenvalue weighted by molar-refractivity contribution is -0.274. The first-order valence-electron chi connectivity index (χ1n) is 7.66. The summed E-state index contributed by atoms with van der Waals surface area (Å²) in [4.78, 5) is 12.3. The third-order valence-electron chi connectivity index (χ3n) is 3.72. The number of nitrogens with one attached hydrogen (secondary N) is 1. The number of carbonyl (C=O) groups is 1. The number of alkyl halides is 3. The Morgan fingerprint density at radius 3 is 2.32 bits per heavy atom. The molecular weight excluding hydrogens is 333 g/mol. The van der Waals surface area contributed by atoms with Crippen molar-refractivity contribution in [3.8, 4) is 5.75 Å². The van der Waals surface area contributed by atoms with Gasteiger partial charge in [0.1, 0.15) is 11.3 Å². The Morgan fingerprint density at radius 2 is 1.68 bits per heavy atom. The van der Waals surface area contributed by atoms with Gasteiger partial charge in [0, 0.05) is 6.54 Å². The van der Waals surface area contributed by atoms with Gasteiger partial charge in [-0.2, -0.15) is 0 Å². The van der Waals surface area contributed by atoms with Gasteiger partial charge < -0.3 is 15.8 Å². The Bertz CT molecular complexity index is 716. The molecule has 7 heteroatoms. The molecule has 1 unspecified atom stereocenters. The van der Waals surface area contributed by atoms with E-state index in [9.17, 15) is 18.0 Å². The van der Waals surface area contributed by atoms with Crippen LogP contribution < -0.4 is 15.8 Å². The molecule has 25 heavy (non-hydrogen) atoms. The molecule has 3 N–H and O–H groups in total. The Kier molecular flexibility index (Phi) is 5.69. The van der Waals surface area contributed by atoms with Crippen molar-refractivity contribution < 1.29 is 22.7 Å². The fourth-order valence-corrected chi connectivity index (χ4v) is 2.34. The van der Waals surface area contributed by atoms with E-state index >= 15 is 0 Å². The summed E-state index contributed by atoms with van der Waals surface area (Å²) in [5, 5.41) is 2.66. The van der Waals surface area contributed by atoms with E-state index in [0.29, 0.717) is 11.1 Å². The number of rotatable bonds is 6. The third-order valence-corrected chi connectivity index (χ3v) is 3.72. The van der Waals surface area contributed by atoms with Crippen molar-refractivity contribution in [3.63, 3.8) is 0 Å². The molecule has 0 saturated heterocycles. The van der Waals surface area contributed by atoms with Crippen molar-refractivity contribution in [1.82, 2.24) is 5.32 Å². The number of hydrogen-bond acceptors (Lipinski definition) is 3. The summed E-state index contributed by atoms with van der Waals surface area (Å²) in [5.41, 5.74) is 5.85. The predicted octanol–water partition coefficient (Wildman–Crippen LogP) is 3.12. The van der Waals surface area contributed by atoms with Crippen LogP contribution in [0.15, 0.2) is 54.6 Å². The molecule has 4 nitrogen and oxygen atoms in total. The zero-order valence-corrected chi connectivity index (χ0v) is 13.6. The average molecular weight is 352 g/mol. The molecule has 0 aliphatic rings. The number of halogens is 3. The van der Waals surface area contributed by atoms with E-state index in [2.05, 4.69) is 10.1 Å². The number of para-hydroxylation sites is 1. The molecule has 0 saturated carbocycles. The van der Waals surface area contributed by atoms with E-state index < -0.39 is 17.8 Å². The molecular formula is C18H19F3N2O2. The van der Waals surface area contributed by atoms with E-state index in [1.807, 2.05) is 6.07 Å². The Balaban J connectivity index is 1.98. The van der Waals surface area contributed by atoms with Gasteiger partial charge in [0.2, 0.25) is 5.91 Å². The maximum absolute atomic E-state index is 12.4. The largest absolute Gasteiger partial charge is 0.573 e. The van der Waals surface area contributed by atoms with Crippen LogP contribution in [-0.2, 0) is 16.8 Å². The lowest BCUT2D eigenvalue weighted by Crippen LogP contribution is -2.49. The van der Waals surface area contributed by atoms with Crippen molar-refractivity contribution in [2.45, 2.75) is 25.2 Å². The van der Waals surface area contributed by atoms with Gasteiger partial charge in [-0.25, -0.2) is 0 Å². The third kappa shape index (κ3) is 5.22. The fraction of sp³-hybridized carbons (Fsp3) is 0.278. The molecule has 0 radical (unpaired) electrons. The molecule has 1 amide bonds. The Labute approximate surface area is 143 Å². The topological polar surface area (TPSA) is 64.4 Å². The minimum Gasteiger partial charge on any atom is -0.406 e. The molecule has 0 aliphatic heterocycles. The highest BCUT2D eigenvalue weighted by molar-refractivity contribution is 5.86. The van der Waals surface area contributed by atoms with Gasteiger partial charge in [-0.15, -0.1) is 13.2 Å². The monoisotopic (exact) mass is 352 g/mol. The van der Waals surface area contributed by atoms with Crippen molar-refractivity contribution in [1.29, 1.82) is 0 Å². The van der Waals surface area contributed by atoms with Crippen LogP contribution in [0.1, 0.15) is 18.1 Å². The molecule has 0 heterocycles. The van der Waals surface area contributed by atoms with Crippen molar-refractivity contribution in [2.75, 3.05) is 6.54 Å². The van der Waals surface area contributed by atoms with Crippen LogP contribution in [0, 0.1) is 0 Å². The first-order chi connectivity index (χ1) is 11.7. The fourth-order valence-electron chi connectivity index (χ4n) is 2.34. The Morgan fingerprint density at radius 1 is 1.08 bits per heavy atom. The zero-order valence-electron chi connectivity index (χ0n) is 13.6. The summed E-state index contributed by atoms with van der Waals surface area (Å²) in [6.45, 7) is 1.72. The van der Waals surface area contributed by atoms with E-state index in [1.165, 1.54) is 18.2 Å².